The zero-order valence-electron chi connectivity index (χ0n) is 14.3. The molecule has 0 saturated heterocycles. The number of carbonyl (C=O) groups excluding carboxylic acids is 1. The molecule has 1 amide bonds. The standard InChI is InChI=1S/C16H33NO4/c1-6-8-16(13-18,9-11-20-10-7-2)12-17-14(19)21-15(3,4)5/h18H,6-13H2,1-5H3,(H,17,19). The molecule has 126 valence electrons. The maximum absolute atomic E-state index is 11.8. The minimum Gasteiger partial charge on any atom is -0.444 e. The van der Waals surface area contributed by atoms with Gasteiger partial charge in [-0.3, -0.25) is 0 Å². The second-order valence-electron chi connectivity index (χ2n) is 6.63. The monoisotopic (exact) mass is 303 g/mol. The molecule has 0 aliphatic heterocycles. The predicted molar refractivity (Wildman–Crippen MR) is 84.4 cm³/mol. The molecule has 1 atom stereocenters. The summed E-state index contributed by atoms with van der Waals surface area (Å²) in [6.07, 6.45) is 3.06. The zero-order valence-corrected chi connectivity index (χ0v) is 14.3. The molecule has 0 saturated carbocycles. The van der Waals surface area contributed by atoms with Crippen molar-refractivity contribution < 1.29 is 19.4 Å². The van der Waals surface area contributed by atoms with Gasteiger partial charge >= 0.3 is 6.09 Å². The molecule has 0 aromatic carbocycles. The fourth-order valence-electron chi connectivity index (χ4n) is 2.16. The molecule has 5 heteroatoms. The fourth-order valence-corrected chi connectivity index (χ4v) is 2.16. The van der Waals surface area contributed by atoms with Gasteiger partial charge in [0.25, 0.3) is 0 Å². The maximum Gasteiger partial charge on any atom is 0.407 e. The first-order valence-electron chi connectivity index (χ1n) is 7.94. The van der Waals surface area contributed by atoms with Crippen LogP contribution in [-0.2, 0) is 9.47 Å². The highest BCUT2D eigenvalue weighted by molar-refractivity contribution is 5.67. The van der Waals surface area contributed by atoms with Crippen molar-refractivity contribution in [1.29, 1.82) is 0 Å². The van der Waals surface area contributed by atoms with Gasteiger partial charge in [-0.25, -0.2) is 4.79 Å². The van der Waals surface area contributed by atoms with Gasteiger partial charge in [-0.15, -0.1) is 0 Å². The zero-order chi connectivity index (χ0) is 16.4. The lowest BCUT2D eigenvalue weighted by atomic mass is 9.81. The average molecular weight is 303 g/mol. The molecule has 0 aliphatic carbocycles. The number of nitrogens with one attached hydrogen (secondary N) is 1. The Balaban J connectivity index is 4.42. The minimum atomic E-state index is -0.513. The molecule has 0 rings (SSSR count). The molecule has 1 unspecified atom stereocenters. The van der Waals surface area contributed by atoms with Gasteiger partial charge in [-0.2, -0.15) is 0 Å². The van der Waals surface area contributed by atoms with E-state index in [0.29, 0.717) is 13.2 Å². The van der Waals surface area contributed by atoms with E-state index in [1.165, 1.54) is 0 Å². The number of ether oxygens (including phenoxy) is 2. The van der Waals surface area contributed by atoms with Crippen molar-refractivity contribution >= 4 is 6.09 Å². The summed E-state index contributed by atoms with van der Waals surface area (Å²) in [6, 6.07) is 0. The molecule has 2 N–H and O–H groups in total. The third-order valence-corrected chi connectivity index (χ3v) is 3.25. The van der Waals surface area contributed by atoms with Crippen molar-refractivity contribution in [3.63, 3.8) is 0 Å². The molecule has 0 aromatic heterocycles. The molecule has 0 bridgehead atoms. The fraction of sp³-hybridized carbons (Fsp3) is 0.938. The van der Waals surface area contributed by atoms with E-state index in [2.05, 4.69) is 19.2 Å². The normalized spacial score (nSPS) is 14.6. The Morgan fingerprint density at radius 3 is 2.24 bits per heavy atom. The largest absolute Gasteiger partial charge is 0.444 e. The van der Waals surface area contributed by atoms with Crippen LogP contribution >= 0.6 is 0 Å². The number of alkyl carbamates (subject to hydrolysis) is 1. The lowest BCUT2D eigenvalue weighted by molar-refractivity contribution is 0.0336. The molecule has 0 aromatic rings. The van der Waals surface area contributed by atoms with Gasteiger partial charge in [-0.05, 0) is 40.0 Å². The SMILES string of the molecule is CCCOCCC(CO)(CCC)CNC(=O)OC(C)(C)C. The van der Waals surface area contributed by atoms with Crippen LogP contribution in [0.25, 0.3) is 0 Å². The predicted octanol–water partition coefficient (Wildman–Crippen LogP) is 3.11. The Labute approximate surface area is 129 Å². The highest BCUT2D eigenvalue weighted by Crippen LogP contribution is 2.27. The number of aliphatic hydroxyl groups is 1. The van der Waals surface area contributed by atoms with Crippen LogP contribution in [-0.4, -0.2) is 43.2 Å². The molecule has 0 fully saturated rings. The van der Waals surface area contributed by atoms with Crippen LogP contribution in [0.5, 0.6) is 0 Å². The van der Waals surface area contributed by atoms with E-state index in [0.717, 1.165) is 32.3 Å². The summed E-state index contributed by atoms with van der Waals surface area (Å²) in [5.41, 5.74) is -0.847. The highest BCUT2D eigenvalue weighted by atomic mass is 16.6. The summed E-state index contributed by atoms with van der Waals surface area (Å²) in [6.45, 7) is 11.4. The van der Waals surface area contributed by atoms with E-state index in [1.807, 2.05) is 20.8 Å². The van der Waals surface area contributed by atoms with E-state index in [1.54, 1.807) is 0 Å². The second-order valence-corrected chi connectivity index (χ2v) is 6.63. The van der Waals surface area contributed by atoms with Crippen molar-refractivity contribution in [2.45, 2.75) is 65.9 Å². The van der Waals surface area contributed by atoms with Crippen LogP contribution in [0.2, 0.25) is 0 Å². The molecule has 5 nitrogen and oxygen atoms in total. The molecule has 0 radical (unpaired) electrons. The van der Waals surface area contributed by atoms with Gasteiger partial charge in [0.05, 0.1) is 6.61 Å². The Kier molecular flexibility index (Phi) is 9.62. The van der Waals surface area contributed by atoms with Crippen molar-refractivity contribution in [1.82, 2.24) is 5.32 Å². The van der Waals surface area contributed by atoms with Crippen molar-refractivity contribution in [3.8, 4) is 0 Å². The van der Waals surface area contributed by atoms with Gasteiger partial charge in [0.1, 0.15) is 5.60 Å². The number of carbonyl (C=O) groups is 1. The number of hydrogen-bond donors (Lipinski definition) is 2. The highest BCUT2D eigenvalue weighted by Gasteiger charge is 2.29. The topological polar surface area (TPSA) is 67.8 Å². The van der Waals surface area contributed by atoms with Crippen molar-refractivity contribution in [3.05, 3.63) is 0 Å². The second kappa shape index (κ2) is 10.0. The molecular formula is C16H33NO4. The molecule has 21 heavy (non-hydrogen) atoms. The number of amides is 1. The lowest BCUT2D eigenvalue weighted by Crippen LogP contribution is -2.42. The Bertz CT molecular complexity index is 288. The van der Waals surface area contributed by atoms with E-state index < -0.39 is 11.7 Å². The Morgan fingerprint density at radius 2 is 1.76 bits per heavy atom. The number of aliphatic hydroxyl groups excluding tert-OH is 1. The number of rotatable bonds is 10. The summed E-state index contributed by atoms with van der Waals surface area (Å²) in [4.78, 5) is 11.8. The van der Waals surface area contributed by atoms with Crippen LogP contribution in [0.1, 0.15) is 60.3 Å². The summed E-state index contributed by atoms with van der Waals surface area (Å²) in [5, 5.41) is 12.5. The van der Waals surface area contributed by atoms with Crippen LogP contribution in [0.4, 0.5) is 4.79 Å². The first-order chi connectivity index (χ1) is 9.78. The van der Waals surface area contributed by atoms with E-state index >= 15 is 0 Å². The third-order valence-electron chi connectivity index (χ3n) is 3.25. The lowest BCUT2D eigenvalue weighted by Gasteiger charge is -2.32. The smallest absolute Gasteiger partial charge is 0.407 e. The maximum atomic E-state index is 11.8. The van der Waals surface area contributed by atoms with Crippen molar-refractivity contribution in [2.75, 3.05) is 26.4 Å². The Hall–Kier alpha value is -0.810. The van der Waals surface area contributed by atoms with Crippen LogP contribution in [0.15, 0.2) is 0 Å². The quantitative estimate of drug-likeness (QED) is 0.609. The summed E-state index contributed by atoms with van der Waals surface area (Å²) in [5.74, 6) is 0. The average Bonchev–Trinajstić information content (AvgIpc) is 2.39. The van der Waals surface area contributed by atoms with Gasteiger partial charge in [-0.1, -0.05) is 20.3 Å². The summed E-state index contributed by atoms with van der Waals surface area (Å²) >= 11 is 0. The van der Waals surface area contributed by atoms with E-state index in [-0.39, 0.29) is 12.0 Å². The van der Waals surface area contributed by atoms with Crippen LogP contribution < -0.4 is 5.32 Å². The summed E-state index contributed by atoms with van der Waals surface area (Å²) in [7, 11) is 0. The van der Waals surface area contributed by atoms with Gasteiger partial charge in [0.2, 0.25) is 0 Å². The first-order valence-corrected chi connectivity index (χ1v) is 7.94. The molecule has 0 heterocycles. The summed E-state index contributed by atoms with van der Waals surface area (Å²) < 4.78 is 10.8. The van der Waals surface area contributed by atoms with Crippen LogP contribution in [0, 0.1) is 5.41 Å². The van der Waals surface area contributed by atoms with Gasteiger partial charge < -0.3 is 19.9 Å². The number of hydrogen-bond acceptors (Lipinski definition) is 4. The van der Waals surface area contributed by atoms with Gasteiger partial charge in [0, 0.05) is 25.2 Å². The van der Waals surface area contributed by atoms with E-state index in [9.17, 15) is 9.90 Å². The third kappa shape index (κ3) is 9.69. The van der Waals surface area contributed by atoms with E-state index in [4.69, 9.17) is 9.47 Å². The molecule has 0 spiro atoms. The molecular weight excluding hydrogens is 270 g/mol. The van der Waals surface area contributed by atoms with Crippen LogP contribution in [0.3, 0.4) is 0 Å². The van der Waals surface area contributed by atoms with Crippen molar-refractivity contribution in [2.24, 2.45) is 5.41 Å². The van der Waals surface area contributed by atoms with Gasteiger partial charge in [0.15, 0.2) is 0 Å². The Morgan fingerprint density at radius 1 is 1.10 bits per heavy atom. The molecule has 0 aliphatic rings. The first kappa shape index (κ1) is 20.2. The minimum absolute atomic E-state index is 0.0339.